The first-order valence-electron chi connectivity index (χ1n) is 5.12. The summed E-state index contributed by atoms with van der Waals surface area (Å²) in [7, 11) is 0. The minimum absolute atomic E-state index is 0.00203. The van der Waals surface area contributed by atoms with Crippen molar-refractivity contribution in [3.63, 3.8) is 0 Å². The van der Waals surface area contributed by atoms with E-state index in [9.17, 15) is 0 Å². The van der Waals surface area contributed by atoms with E-state index in [1.807, 2.05) is 6.07 Å². The molecule has 0 radical (unpaired) electrons. The maximum atomic E-state index is 8.58. The third-order valence-corrected chi connectivity index (χ3v) is 3.05. The molecule has 0 amide bonds. The van der Waals surface area contributed by atoms with Crippen molar-refractivity contribution in [2.24, 2.45) is 10.9 Å². The van der Waals surface area contributed by atoms with Crippen LogP contribution in [0.1, 0.15) is 11.3 Å². The third-order valence-electron chi connectivity index (χ3n) is 2.10. The van der Waals surface area contributed by atoms with Crippen molar-refractivity contribution in [1.29, 1.82) is 0 Å². The number of amidine groups is 1. The van der Waals surface area contributed by atoms with Crippen LogP contribution >= 0.6 is 11.8 Å². The van der Waals surface area contributed by atoms with Crippen LogP contribution in [-0.2, 0) is 5.75 Å². The van der Waals surface area contributed by atoms with Gasteiger partial charge >= 0.3 is 0 Å². The highest BCUT2D eigenvalue weighted by Gasteiger charge is 2.03. The molecule has 0 aromatic carbocycles. The average molecular weight is 261 g/mol. The molecule has 0 bridgehead atoms. The van der Waals surface area contributed by atoms with Gasteiger partial charge in [0.1, 0.15) is 5.69 Å². The molecule has 2 aromatic rings. The molecule has 0 spiro atoms. The van der Waals surface area contributed by atoms with Crippen LogP contribution < -0.4 is 5.73 Å². The fourth-order valence-corrected chi connectivity index (χ4v) is 2.01. The highest BCUT2D eigenvalue weighted by atomic mass is 32.2. The van der Waals surface area contributed by atoms with Crippen molar-refractivity contribution in [3.05, 3.63) is 48.0 Å². The number of hydrogen-bond acceptors (Lipinski definition) is 6. The van der Waals surface area contributed by atoms with Gasteiger partial charge in [0.15, 0.2) is 11.0 Å². The molecule has 2 aromatic heterocycles. The highest BCUT2D eigenvalue weighted by molar-refractivity contribution is 7.98. The quantitative estimate of drug-likeness (QED) is 0.215. The molecular weight excluding hydrogens is 250 g/mol. The lowest BCUT2D eigenvalue weighted by atomic mass is 10.2. The van der Waals surface area contributed by atoms with Crippen molar-refractivity contribution in [1.82, 2.24) is 15.0 Å². The number of nitrogens with zero attached hydrogens (tertiary/aromatic N) is 4. The average Bonchev–Trinajstić information content (AvgIpc) is 2.45. The zero-order valence-corrected chi connectivity index (χ0v) is 10.2. The standard InChI is InChI=1S/C11H11N5OS/c12-10(16-17)9-6-8(2-5-13-9)7-18-11-14-3-1-4-15-11/h1-6,17H,7H2,(H2,12,16). The Balaban J connectivity index is 2.06. The molecule has 0 aliphatic heterocycles. The molecule has 2 rings (SSSR count). The molecule has 7 heteroatoms. The van der Waals surface area contributed by atoms with Crippen LogP contribution in [0.15, 0.2) is 47.1 Å². The molecule has 0 saturated heterocycles. The van der Waals surface area contributed by atoms with Crippen LogP contribution in [0.4, 0.5) is 0 Å². The van der Waals surface area contributed by atoms with Gasteiger partial charge in [-0.05, 0) is 23.8 Å². The van der Waals surface area contributed by atoms with Crippen LogP contribution in [-0.4, -0.2) is 26.0 Å². The molecule has 2 heterocycles. The first kappa shape index (κ1) is 12.3. The summed E-state index contributed by atoms with van der Waals surface area (Å²) in [6, 6.07) is 5.40. The molecule has 92 valence electrons. The van der Waals surface area contributed by atoms with E-state index in [1.54, 1.807) is 30.7 Å². The number of rotatable bonds is 4. The second-order valence-corrected chi connectivity index (χ2v) is 4.30. The Bertz CT molecular complexity index is 546. The Morgan fingerprint density at radius 2 is 2.06 bits per heavy atom. The normalized spacial score (nSPS) is 11.4. The first-order valence-corrected chi connectivity index (χ1v) is 6.11. The largest absolute Gasteiger partial charge is 0.409 e. The Kier molecular flexibility index (Phi) is 4.08. The van der Waals surface area contributed by atoms with Gasteiger partial charge in [0.05, 0.1) is 0 Å². The van der Waals surface area contributed by atoms with Crippen LogP contribution in [0.5, 0.6) is 0 Å². The first-order chi connectivity index (χ1) is 8.79. The molecule has 6 nitrogen and oxygen atoms in total. The number of thioether (sulfide) groups is 1. The monoisotopic (exact) mass is 261 g/mol. The van der Waals surface area contributed by atoms with Crippen molar-refractivity contribution >= 4 is 17.6 Å². The molecule has 0 aliphatic rings. The van der Waals surface area contributed by atoms with E-state index in [-0.39, 0.29) is 5.84 Å². The maximum Gasteiger partial charge on any atom is 0.188 e. The van der Waals surface area contributed by atoms with E-state index >= 15 is 0 Å². The number of pyridine rings is 1. The SMILES string of the molecule is NC(=NO)c1cc(CSc2ncccn2)ccn1. The molecule has 0 aliphatic carbocycles. The Hall–Kier alpha value is -2.15. The summed E-state index contributed by atoms with van der Waals surface area (Å²) in [5.74, 6) is 0.691. The van der Waals surface area contributed by atoms with E-state index in [0.29, 0.717) is 16.6 Å². The summed E-state index contributed by atoms with van der Waals surface area (Å²) in [5, 5.41) is 12.2. The van der Waals surface area contributed by atoms with Crippen LogP contribution in [0.25, 0.3) is 0 Å². The lowest BCUT2D eigenvalue weighted by molar-refractivity contribution is 0.318. The number of oxime groups is 1. The summed E-state index contributed by atoms with van der Waals surface area (Å²) in [5.41, 5.74) is 6.93. The van der Waals surface area contributed by atoms with E-state index in [0.717, 1.165) is 5.56 Å². The molecule has 0 saturated carbocycles. The number of hydrogen-bond donors (Lipinski definition) is 2. The van der Waals surface area contributed by atoms with E-state index in [4.69, 9.17) is 10.9 Å². The molecule has 18 heavy (non-hydrogen) atoms. The van der Waals surface area contributed by atoms with Crippen molar-refractivity contribution < 1.29 is 5.21 Å². The summed E-state index contributed by atoms with van der Waals surface area (Å²) in [6.45, 7) is 0. The number of nitrogens with two attached hydrogens (primary N) is 1. The van der Waals surface area contributed by atoms with E-state index in [2.05, 4.69) is 20.1 Å². The zero-order valence-electron chi connectivity index (χ0n) is 9.39. The molecule has 0 fully saturated rings. The summed E-state index contributed by atoms with van der Waals surface area (Å²) < 4.78 is 0. The smallest absolute Gasteiger partial charge is 0.188 e. The van der Waals surface area contributed by atoms with Crippen LogP contribution in [0.2, 0.25) is 0 Å². The van der Waals surface area contributed by atoms with Crippen molar-refractivity contribution in [2.45, 2.75) is 10.9 Å². The predicted octanol–water partition coefficient (Wildman–Crippen LogP) is 1.26. The molecule has 0 atom stereocenters. The summed E-state index contributed by atoms with van der Waals surface area (Å²) >= 11 is 1.51. The topological polar surface area (TPSA) is 97.3 Å². The zero-order chi connectivity index (χ0) is 12.8. The van der Waals surface area contributed by atoms with Crippen molar-refractivity contribution in [3.8, 4) is 0 Å². The molecular formula is C11H11N5OS. The van der Waals surface area contributed by atoms with Crippen LogP contribution in [0.3, 0.4) is 0 Å². The predicted molar refractivity (Wildman–Crippen MR) is 68.3 cm³/mol. The minimum Gasteiger partial charge on any atom is -0.409 e. The lowest BCUT2D eigenvalue weighted by Gasteiger charge is -2.02. The van der Waals surface area contributed by atoms with Gasteiger partial charge in [-0.15, -0.1) is 0 Å². The Morgan fingerprint density at radius 3 is 2.78 bits per heavy atom. The Morgan fingerprint density at radius 1 is 1.28 bits per heavy atom. The van der Waals surface area contributed by atoms with Crippen molar-refractivity contribution in [2.75, 3.05) is 0 Å². The van der Waals surface area contributed by atoms with Gasteiger partial charge < -0.3 is 10.9 Å². The maximum absolute atomic E-state index is 8.58. The highest BCUT2D eigenvalue weighted by Crippen LogP contribution is 2.18. The van der Waals surface area contributed by atoms with Gasteiger partial charge in [-0.1, -0.05) is 16.9 Å². The molecule has 3 N–H and O–H groups in total. The number of aromatic nitrogens is 3. The van der Waals surface area contributed by atoms with Gasteiger partial charge in [0.2, 0.25) is 0 Å². The fourth-order valence-electron chi connectivity index (χ4n) is 1.26. The minimum atomic E-state index is -0.00203. The van der Waals surface area contributed by atoms with Gasteiger partial charge in [0, 0.05) is 24.3 Å². The third kappa shape index (κ3) is 3.17. The van der Waals surface area contributed by atoms with Crippen LogP contribution in [0, 0.1) is 0 Å². The van der Waals surface area contributed by atoms with Gasteiger partial charge in [-0.3, -0.25) is 4.98 Å². The van der Waals surface area contributed by atoms with Gasteiger partial charge in [0.25, 0.3) is 0 Å². The van der Waals surface area contributed by atoms with Gasteiger partial charge in [-0.25, -0.2) is 9.97 Å². The summed E-state index contributed by atoms with van der Waals surface area (Å²) in [4.78, 5) is 12.2. The molecule has 0 unspecified atom stereocenters. The lowest BCUT2D eigenvalue weighted by Crippen LogP contribution is -2.15. The second kappa shape index (κ2) is 5.97. The van der Waals surface area contributed by atoms with Gasteiger partial charge in [-0.2, -0.15) is 0 Å². The van der Waals surface area contributed by atoms with E-state index < -0.39 is 0 Å². The van der Waals surface area contributed by atoms with E-state index in [1.165, 1.54) is 11.8 Å². The fraction of sp³-hybridized carbons (Fsp3) is 0.0909. The Labute approximate surface area is 108 Å². The second-order valence-electron chi connectivity index (χ2n) is 3.35. The summed E-state index contributed by atoms with van der Waals surface area (Å²) in [6.07, 6.45) is 5.02.